The standard InChI is InChI=1S/C11H12ClFO3/c1-7(5-13)6-16-10-8(11(14)15)3-2-4-9(10)12/h2-4,7H,5-6H2,1H3,(H,14,15). The Kier molecular flexibility index (Phi) is 4.55. The molecular weight excluding hydrogens is 235 g/mol. The molecule has 88 valence electrons. The van der Waals surface area contributed by atoms with Crippen molar-refractivity contribution in [3.63, 3.8) is 0 Å². The lowest BCUT2D eigenvalue weighted by Crippen LogP contribution is -2.12. The topological polar surface area (TPSA) is 46.5 Å². The van der Waals surface area contributed by atoms with Gasteiger partial charge in [-0.2, -0.15) is 0 Å². The van der Waals surface area contributed by atoms with Crippen LogP contribution in [-0.4, -0.2) is 24.4 Å². The Bertz CT molecular complexity index is 381. The molecule has 1 aromatic carbocycles. The second kappa shape index (κ2) is 5.70. The Morgan fingerprint density at radius 3 is 2.88 bits per heavy atom. The normalized spacial score (nSPS) is 12.2. The van der Waals surface area contributed by atoms with Crippen LogP contribution in [0.1, 0.15) is 17.3 Å². The second-order valence-electron chi connectivity index (χ2n) is 3.49. The molecule has 16 heavy (non-hydrogen) atoms. The van der Waals surface area contributed by atoms with E-state index < -0.39 is 12.6 Å². The first-order valence-electron chi connectivity index (χ1n) is 4.76. The van der Waals surface area contributed by atoms with Crippen molar-refractivity contribution in [1.82, 2.24) is 0 Å². The SMILES string of the molecule is CC(CF)COc1c(Cl)cccc1C(=O)O. The van der Waals surface area contributed by atoms with E-state index in [-0.39, 0.29) is 28.9 Å². The van der Waals surface area contributed by atoms with Gasteiger partial charge in [0.25, 0.3) is 0 Å². The van der Waals surface area contributed by atoms with Crippen molar-refractivity contribution in [2.75, 3.05) is 13.3 Å². The van der Waals surface area contributed by atoms with E-state index in [0.717, 1.165) is 0 Å². The molecule has 0 bridgehead atoms. The minimum Gasteiger partial charge on any atom is -0.491 e. The summed E-state index contributed by atoms with van der Waals surface area (Å²) < 4.78 is 17.4. The Morgan fingerprint density at radius 1 is 1.62 bits per heavy atom. The van der Waals surface area contributed by atoms with Crippen LogP contribution in [-0.2, 0) is 0 Å². The van der Waals surface area contributed by atoms with Crippen LogP contribution in [0.3, 0.4) is 0 Å². The zero-order chi connectivity index (χ0) is 12.1. The predicted octanol–water partition coefficient (Wildman–Crippen LogP) is 3.02. The van der Waals surface area contributed by atoms with Crippen LogP contribution >= 0.6 is 11.6 Å². The van der Waals surface area contributed by atoms with Gasteiger partial charge in [-0.05, 0) is 12.1 Å². The second-order valence-corrected chi connectivity index (χ2v) is 3.90. The molecule has 1 atom stereocenters. The molecule has 0 aromatic heterocycles. The number of ether oxygens (including phenoxy) is 1. The summed E-state index contributed by atoms with van der Waals surface area (Å²) in [7, 11) is 0. The zero-order valence-corrected chi connectivity index (χ0v) is 9.50. The smallest absolute Gasteiger partial charge is 0.339 e. The number of aromatic carboxylic acids is 1. The number of para-hydroxylation sites is 1. The average molecular weight is 247 g/mol. The third-order valence-electron chi connectivity index (χ3n) is 1.97. The van der Waals surface area contributed by atoms with Crippen molar-refractivity contribution < 1.29 is 19.0 Å². The minimum absolute atomic E-state index is 0.0152. The molecule has 0 aliphatic heterocycles. The van der Waals surface area contributed by atoms with Crippen molar-refractivity contribution in [2.24, 2.45) is 5.92 Å². The minimum atomic E-state index is -1.12. The number of carboxylic acids is 1. The van der Waals surface area contributed by atoms with Gasteiger partial charge in [-0.25, -0.2) is 4.79 Å². The van der Waals surface area contributed by atoms with Crippen LogP contribution in [0.4, 0.5) is 4.39 Å². The van der Waals surface area contributed by atoms with Gasteiger partial charge in [0, 0.05) is 5.92 Å². The van der Waals surface area contributed by atoms with E-state index in [0.29, 0.717) is 0 Å². The number of alkyl halides is 1. The van der Waals surface area contributed by atoms with Gasteiger partial charge in [-0.15, -0.1) is 0 Å². The van der Waals surface area contributed by atoms with Crippen LogP contribution in [0.15, 0.2) is 18.2 Å². The van der Waals surface area contributed by atoms with Gasteiger partial charge in [-0.1, -0.05) is 24.6 Å². The quantitative estimate of drug-likeness (QED) is 0.869. The molecule has 5 heteroatoms. The highest BCUT2D eigenvalue weighted by Gasteiger charge is 2.15. The number of hydrogen-bond acceptors (Lipinski definition) is 2. The van der Waals surface area contributed by atoms with E-state index in [1.165, 1.54) is 18.2 Å². The number of rotatable bonds is 5. The molecule has 1 aromatic rings. The molecule has 1 rings (SSSR count). The van der Waals surface area contributed by atoms with Gasteiger partial charge in [0.2, 0.25) is 0 Å². The molecule has 1 unspecified atom stereocenters. The van der Waals surface area contributed by atoms with Crippen LogP contribution in [0, 0.1) is 5.92 Å². The molecular formula is C11H12ClFO3. The highest BCUT2D eigenvalue weighted by atomic mass is 35.5. The fourth-order valence-corrected chi connectivity index (χ4v) is 1.32. The molecule has 0 amide bonds. The van der Waals surface area contributed by atoms with Gasteiger partial charge in [0.05, 0.1) is 18.3 Å². The molecule has 0 heterocycles. The summed E-state index contributed by atoms with van der Waals surface area (Å²) in [4.78, 5) is 10.9. The molecule has 0 spiro atoms. The number of hydrogen-bond donors (Lipinski definition) is 1. The van der Waals surface area contributed by atoms with E-state index in [2.05, 4.69) is 0 Å². The van der Waals surface area contributed by atoms with E-state index in [1.807, 2.05) is 0 Å². The molecule has 3 nitrogen and oxygen atoms in total. The maximum absolute atomic E-state index is 12.2. The van der Waals surface area contributed by atoms with Crippen molar-refractivity contribution in [3.8, 4) is 5.75 Å². The molecule has 0 saturated heterocycles. The van der Waals surface area contributed by atoms with E-state index in [1.54, 1.807) is 6.92 Å². The van der Waals surface area contributed by atoms with Gasteiger partial charge < -0.3 is 9.84 Å². The fraction of sp³-hybridized carbons (Fsp3) is 0.364. The molecule has 0 fully saturated rings. The average Bonchev–Trinajstić information content (AvgIpc) is 2.26. The van der Waals surface area contributed by atoms with Gasteiger partial charge in [-0.3, -0.25) is 4.39 Å². The summed E-state index contributed by atoms with van der Waals surface area (Å²) in [6.07, 6.45) is 0. The van der Waals surface area contributed by atoms with E-state index in [4.69, 9.17) is 21.4 Å². The third kappa shape index (κ3) is 3.10. The Labute approximate surface area is 97.8 Å². The first kappa shape index (κ1) is 12.8. The van der Waals surface area contributed by atoms with Crippen molar-refractivity contribution in [2.45, 2.75) is 6.92 Å². The fourth-order valence-electron chi connectivity index (χ4n) is 1.09. The summed E-state index contributed by atoms with van der Waals surface area (Å²) in [5.41, 5.74) is -0.0152. The molecule has 1 N–H and O–H groups in total. The highest BCUT2D eigenvalue weighted by Crippen LogP contribution is 2.29. The van der Waals surface area contributed by atoms with Crippen LogP contribution in [0.2, 0.25) is 5.02 Å². The lowest BCUT2D eigenvalue weighted by molar-refractivity contribution is 0.0691. The van der Waals surface area contributed by atoms with Crippen LogP contribution < -0.4 is 4.74 Å². The number of carboxylic acid groups (broad SMARTS) is 1. The lowest BCUT2D eigenvalue weighted by atomic mass is 10.2. The number of benzene rings is 1. The van der Waals surface area contributed by atoms with Gasteiger partial charge >= 0.3 is 5.97 Å². The Hall–Kier alpha value is -1.29. The monoisotopic (exact) mass is 246 g/mol. The maximum Gasteiger partial charge on any atom is 0.339 e. The van der Waals surface area contributed by atoms with E-state index in [9.17, 15) is 9.18 Å². The Balaban J connectivity index is 2.88. The van der Waals surface area contributed by atoms with Gasteiger partial charge in [0.15, 0.2) is 5.75 Å². The highest BCUT2D eigenvalue weighted by molar-refractivity contribution is 6.32. The van der Waals surface area contributed by atoms with Crippen molar-refractivity contribution in [3.05, 3.63) is 28.8 Å². The third-order valence-corrected chi connectivity index (χ3v) is 2.27. The van der Waals surface area contributed by atoms with Crippen LogP contribution in [0.25, 0.3) is 0 Å². The first-order valence-corrected chi connectivity index (χ1v) is 5.14. The largest absolute Gasteiger partial charge is 0.491 e. The van der Waals surface area contributed by atoms with E-state index >= 15 is 0 Å². The van der Waals surface area contributed by atoms with Crippen LogP contribution in [0.5, 0.6) is 5.75 Å². The summed E-state index contributed by atoms with van der Waals surface area (Å²) in [5.74, 6) is -1.32. The number of carbonyl (C=O) groups is 1. The predicted molar refractivity (Wildman–Crippen MR) is 59.0 cm³/mol. The summed E-state index contributed by atoms with van der Waals surface area (Å²) in [5, 5.41) is 9.11. The van der Waals surface area contributed by atoms with Gasteiger partial charge in [0.1, 0.15) is 5.56 Å². The zero-order valence-electron chi connectivity index (χ0n) is 8.74. The van der Waals surface area contributed by atoms with Crippen molar-refractivity contribution >= 4 is 17.6 Å². The molecule has 0 aliphatic carbocycles. The maximum atomic E-state index is 12.2. The summed E-state index contributed by atoms with van der Waals surface area (Å²) in [6.45, 7) is 1.24. The Morgan fingerprint density at radius 2 is 2.31 bits per heavy atom. The molecule has 0 radical (unpaired) electrons. The first-order chi connectivity index (χ1) is 7.56. The summed E-state index contributed by atoms with van der Waals surface area (Å²) in [6, 6.07) is 4.45. The summed E-state index contributed by atoms with van der Waals surface area (Å²) >= 11 is 5.82. The molecule has 0 saturated carbocycles. The lowest BCUT2D eigenvalue weighted by Gasteiger charge is -2.13. The van der Waals surface area contributed by atoms with Crippen molar-refractivity contribution in [1.29, 1.82) is 0 Å². The molecule has 0 aliphatic rings. The number of halogens is 2.